The molecule has 1 unspecified atom stereocenters. The number of amides is 1. The molecule has 0 aromatic carbocycles. The molecule has 1 N–H and O–H groups in total. The Hall–Kier alpha value is -1.49. The number of aryl methyl sites for hydroxylation is 1. The number of rotatable bonds is 3. The molecular formula is C15H24N2O3. The fraction of sp³-hybridized carbons (Fsp3) is 0.667. The number of furan rings is 1. The normalized spacial score (nSPS) is 17.8. The van der Waals surface area contributed by atoms with Gasteiger partial charge in [-0.15, -0.1) is 0 Å². The minimum atomic E-state index is -0.436. The van der Waals surface area contributed by atoms with Crippen LogP contribution in [0.2, 0.25) is 0 Å². The predicted molar refractivity (Wildman–Crippen MR) is 76.6 cm³/mol. The average Bonchev–Trinajstić information content (AvgIpc) is 2.66. The second-order valence-electron chi connectivity index (χ2n) is 6.42. The first-order valence-electron chi connectivity index (χ1n) is 7.05. The zero-order chi connectivity index (χ0) is 14.9. The number of carbonyl (C=O) groups is 1. The van der Waals surface area contributed by atoms with Crippen LogP contribution in [0.5, 0.6) is 0 Å². The van der Waals surface area contributed by atoms with Crippen molar-refractivity contribution < 1.29 is 13.9 Å². The molecule has 1 aliphatic rings. The molecule has 0 radical (unpaired) electrons. The fourth-order valence-electron chi connectivity index (χ4n) is 2.18. The van der Waals surface area contributed by atoms with Gasteiger partial charge in [0.2, 0.25) is 0 Å². The molecule has 2 rings (SSSR count). The molecule has 1 fully saturated rings. The molecule has 1 aromatic heterocycles. The molecule has 112 valence electrons. The molecule has 1 saturated heterocycles. The minimum Gasteiger partial charge on any atom is -0.465 e. The highest BCUT2D eigenvalue weighted by atomic mass is 16.6. The fourth-order valence-corrected chi connectivity index (χ4v) is 2.18. The van der Waals surface area contributed by atoms with Crippen molar-refractivity contribution in [3.63, 3.8) is 0 Å². The number of hydrogen-bond donors (Lipinski definition) is 1. The van der Waals surface area contributed by atoms with Crippen molar-refractivity contribution >= 4 is 6.09 Å². The van der Waals surface area contributed by atoms with E-state index < -0.39 is 5.60 Å². The van der Waals surface area contributed by atoms with Crippen molar-refractivity contribution in [2.24, 2.45) is 0 Å². The third-order valence-electron chi connectivity index (χ3n) is 3.21. The van der Waals surface area contributed by atoms with Gasteiger partial charge in [0.05, 0.1) is 6.04 Å². The highest BCUT2D eigenvalue weighted by molar-refractivity contribution is 5.69. The zero-order valence-electron chi connectivity index (χ0n) is 12.9. The van der Waals surface area contributed by atoms with Crippen LogP contribution in [0.3, 0.4) is 0 Å². The Morgan fingerprint density at radius 3 is 2.60 bits per heavy atom. The Kier molecular flexibility index (Phi) is 4.09. The van der Waals surface area contributed by atoms with Gasteiger partial charge in [-0.1, -0.05) is 0 Å². The van der Waals surface area contributed by atoms with E-state index in [4.69, 9.17) is 9.15 Å². The third kappa shape index (κ3) is 3.76. The molecule has 5 heteroatoms. The number of hydrogen-bond acceptors (Lipinski definition) is 4. The number of nitrogens with zero attached hydrogens (tertiary/aromatic N) is 1. The highest BCUT2D eigenvalue weighted by Crippen LogP contribution is 2.20. The first-order chi connectivity index (χ1) is 9.24. The van der Waals surface area contributed by atoms with Crippen LogP contribution < -0.4 is 5.32 Å². The summed E-state index contributed by atoms with van der Waals surface area (Å²) in [5, 5.41) is 3.45. The van der Waals surface area contributed by atoms with Crippen LogP contribution in [0.25, 0.3) is 0 Å². The van der Waals surface area contributed by atoms with Gasteiger partial charge in [-0.2, -0.15) is 0 Å². The van der Waals surface area contributed by atoms with Gasteiger partial charge >= 0.3 is 6.09 Å². The topological polar surface area (TPSA) is 54.7 Å². The van der Waals surface area contributed by atoms with Gasteiger partial charge in [-0.25, -0.2) is 4.79 Å². The van der Waals surface area contributed by atoms with E-state index in [0.29, 0.717) is 19.1 Å². The van der Waals surface area contributed by atoms with Crippen molar-refractivity contribution in [1.29, 1.82) is 0 Å². The molecule has 20 heavy (non-hydrogen) atoms. The first kappa shape index (κ1) is 14.9. The van der Waals surface area contributed by atoms with E-state index in [1.54, 1.807) is 4.90 Å². The number of ether oxygens (including phenoxy) is 1. The van der Waals surface area contributed by atoms with Crippen LogP contribution in [-0.4, -0.2) is 35.7 Å². The van der Waals surface area contributed by atoms with Gasteiger partial charge in [0.25, 0.3) is 0 Å². The lowest BCUT2D eigenvalue weighted by atomic mass is 10.1. The molecule has 0 saturated carbocycles. The first-order valence-corrected chi connectivity index (χ1v) is 7.05. The van der Waals surface area contributed by atoms with E-state index in [2.05, 4.69) is 12.2 Å². The Balaban J connectivity index is 1.75. The lowest BCUT2D eigenvalue weighted by Crippen LogP contribution is -2.60. The maximum atomic E-state index is 11.8. The van der Waals surface area contributed by atoms with Crippen LogP contribution in [0.15, 0.2) is 16.5 Å². The van der Waals surface area contributed by atoms with Gasteiger partial charge in [-0.05, 0) is 46.8 Å². The quantitative estimate of drug-likeness (QED) is 0.925. The van der Waals surface area contributed by atoms with Crippen molar-refractivity contribution in [2.45, 2.75) is 52.3 Å². The molecule has 1 aliphatic heterocycles. The van der Waals surface area contributed by atoms with Crippen molar-refractivity contribution in [3.8, 4) is 0 Å². The van der Waals surface area contributed by atoms with Gasteiger partial charge in [0.1, 0.15) is 17.1 Å². The highest BCUT2D eigenvalue weighted by Gasteiger charge is 2.34. The smallest absolute Gasteiger partial charge is 0.410 e. The van der Waals surface area contributed by atoms with Crippen LogP contribution in [0, 0.1) is 6.92 Å². The summed E-state index contributed by atoms with van der Waals surface area (Å²) in [5.41, 5.74) is -0.436. The molecule has 1 aromatic rings. The van der Waals surface area contributed by atoms with Gasteiger partial charge < -0.3 is 19.4 Å². The summed E-state index contributed by atoms with van der Waals surface area (Å²) in [6.45, 7) is 11.0. The summed E-state index contributed by atoms with van der Waals surface area (Å²) in [4.78, 5) is 13.5. The summed E-state index contributed by atoms with van der Waals surface area (Å²) in [5.74, 6) is 1.84. The Morgan fingerprint density at radius 2 is 2.10 bits per heavy atom. The second kappa shape index (κ2) is 5.48. The third-order valence-corrected chi connectivity index (χ3v) is 3.21. The SMILES string of the molecule is Cc1ccc(C(C)NC2CN(C(=O)OC(C)(C)C)C2)o1. The van der Waals surface area contributed by atoms with Gasteiger partial charge in [0, 0.05) is 19.1 Å². The van der Waals surface area contributed by atoms with E-state index in [0.717, 1.165) is 11.5 Å². The van der Waals surface area contributed by atoms with Crippen LogP contribution in [0.1, 0.15) is 45.3 Å². The lowest BCUT2D eigenvalue weighted by Gasteiger charge is -2.41. The van der Waals surface area contributed by atoms with Crippen molar-refractivity contribution in [3.05, 3.63) is 23.7 Å². The Bertz CT molecular complexity index is 470. The summed E-state index contributed by atoms with van der Waals surface area (Å²) in [6.07, 6.45) is -0.239. The van der Waals surface area contributed by atoms with Gasteiger partial charge in [0.15, 0.2) is 0 Å². The molecular weight excluding hydrogens is 256 g/mol. The molecule has 5 nitrogen and oxygen atoms in total. The van der Waals surface area contributed by atoms with E-state index in [-0.39, 0.29) is 12.1 Å². The molecule has 0 spiro atoms. The maximum Gasteiger partial charge on any atom is 0.410 e. The predicted octanol–water partition coefficient (Wildman–Crippen LogP) is 2.86. The maximum absolute atomic E-state index is 11.8. The van der Waals surface area contributed by atoms with E-state index >= 15 is 0 Å². The molecule has 1 amide bonds. The monoisotopic (exact) mass is 280 g/mol. The summed E-state index contributed by atoms with van der Waals surface area (Å²) in [6, 6.07) is 4.39. The van der Waals surface area contributed by atoms with Crippen LogP contribution >= 0.6 is 0 Å². The molecule has 0 bridgehead atoms. The zero-order valence-corrected chi connectivity index (χ0v) is 12.9. The average molecular weight is 280 g/mol. The van der Waals surface area contributed by atoms with Gasteiger partial charge in [-0.3, -0.25) is 0 Å². The summed E-state index contributed by atoms with van der Waals surface area (Å²) in [7, 11) is 0. The van der Waals surface area contributed by atoms with E-state index in [1.807, 2.05) is 39.8 Å². The Morgan fingerprint density at radius 1 is 1.45 bits per heavy atom. The lowest BCUT2D eigenvalue weighted by molar-refractivity contribution is 0.00411. The molecule has 2 heterocycles. The number of likely N-dealkylation sites (tertiary alicyclic amines) is 1. The second-order valence-corrected chi connectivity index (χ2v) is 6.42. The van der Waals surface area contributed by atoms with Crippen LogP contribution in [-0.2, 0) is 4.74 Å². The summed E-state index contributed by atoms with van der Waals surface area (Å²) < 4.78 is 10.9. The van der Waals surface area contributed by atoms with E-state index in [9.17, 15) is 4.79 Å². The van der Waals surface area contributed by atoms with Crippen molar-refractivity contribution in [1.82, 2.24) is 10.2 Å². The summed E-state index contributed by atoms with van der Waals surface area (Å²) >= 11 is 0. The number of carbonyl (C=O) groups excluding carboxylic acids is 1. The molecule has 1 atom stereocenters. The van der Waals surface area contributed by atoms with Crippen LogP contribution in [0.4, 0.5) is 4.79 Å². The van der Waals surface area contributed by atoms with Crippen molar-refractivity contribution in [2.75, 3.05) is 13.1 Å². The largest absolute Gasteiger partial charge is 0.465 e. The standard InChI is InChI=1S/C15H24N2O3/c1-10-6-7-13(19-10)11(2)16-12-8-17(9-12)14(18)20-15(3,4)5/h6-7,11-12,16H,8-9H2,1-5H3. The van der Waals surface area contributed by atoms with E-state index in [1.165, 1.54) is 0 Å². The molecule has 0 aliphatic carbocycles. The minimum absolute atomic E-state index is 0.148. The number of nitrogens with one attached hydrogen (secondary N) is 1. The Labute approximate surface area is 120 Å².